The fourth-order valence-corrected chi connectivity index (χ4v) is 3.18. The molecule has 1 aliphatic heterocycles. The zero-order chi connectivity index (χ0) is 15.7. The van der Waals surface area contributed by atoms with Crippen LogP contribution in [0.3, 0.4) is 0 Å². The third-order valence-electron chi connectivity index (χ3n) is 3.80. The number of rotatable bonds is 4. The summed E-state index contributed by atoms with van der Waals surface area (Å²) in [4.78, 5) is 13.7. The first-order valence-corrected chi connectivity index (χ1v) is 7.40. The number of nitro groups is 1. The lowest BCUT2D eigenvalue weighted by atomic mass is 10.0. The van der Waals surface area contributed by atoms with Gasteiger partial charge < -0.3 is 20.0 Å². The molecule has 0 spiro atoms. The number of nitrogens with two attached hydrogens (primary N) is 1. The van der Waals surface area contributed by atoms with Crippen molar-refractivity contribution in [1.29, 1.82) is 0 Å². The summed E-state index contributed by atoms with van der Waals surface area (Å²) in [5.41, 5.74) is 7.49. The number of benzene rings is 1. The summed E-state index contributed by atoms with van der Waals surface area (Å²) in [6, 6.07) is 5.00. The Morgan fingerprint density at radius 1 is 1.55 bits per heavy atom. The molecule has 3 N–H and O–H groups in total. The number of hydrogen-bond donors (Lipinski definition) is 2. The van der Waals surface area contributed by atoms with E-state index in [1.807, 2.05) is 16.8 Å². The second-order valence-electron chi connectivity index (χ2n) is 5.19. The molecule has 2 aromatic rings. The maximum Gasteiger partial charge on any atom is 0.311 e. The van der Waals surface area contributed by atoms with Crippen LogP contribution < -0.4 is 10.5 Å². The molecule has 0 bridgehead atoms. The molecule has 0 saturated carbocycles. The molecule has 1 atom stereocenters. The average molecular weight is 320 g/mol. The normalized spacial score (nSPS) is 16.9. The molecule has 1 aromatic carbocycles. The van der Waals surface area contributed by atoms with Gasteiger partial charge in [0.15, 0.2) is 10.5 Å². The Morgan fingerprint density at radius 3 is 3.09 bits per heavy atom. The van der Waals surface area contributed by atoms with Gasteiger partial charge in [-0.3, -0.25) is 10.1 Å². The molecule has 3 rings (SSSR count). The lowest BCUT2D eigenvalue weighted by molar-refractivity contribution is -0.386. The van der Waals surface area contributed by atoms with Crippen molar-refractivity contribution >= 4 is 17.9 Å². The van der Waals surface area contributed by atoms with Gasteiger partial charge in [0.25, 0.3) is 0 Å². The number of H-pyrrole nitrogens is 1. The Labute approximate surface area is 131 Å². The number of imidazole rings is 1. The second-order valence-corrected chi connectivity index (χ2v) is 5.57. The van der Waals surface area contributed by atoms with E-state index in [2.05, 4.69) is 4.98 Å². The van der Waals surface area contributed by atoms with E-state index in [4.69, 9.17) is 22.7 Å². The third kappa shape index (κ3) is 2.51. The molecule has 1 aromatic heterocycles. The molecule has 8 heteroatoms. The van der Waals surface area contributed by atoms with Crippen molar-refractivity contribution in [2.45, 2.75) is 18.9 Å². The van der Waals surface area contributed by atoms with E-state index in [0.717, 1.165) is 11.3 Å². The molecule has 0 saturated heterocycles. The highest BCUT2D eigenvalue weighted by Gasteiger charge is 2.28. The zero-order valence-electron chi connectivity index (χ0n) is 11.8. The van der Waals surface area contributed by atoms with Gasteiger partial charge >= 0.3 is 5.69 Å². The van der Waals surface area contributed by atoms with Gasteiger partial charge in [-0.15, -0.1) is 0 Å². The highest BCUT2D eigenvalue weighted by Crippen LogP contribution is 2.37. The Hall–Kier alpha value is -2.19. The maximum absolute atomic E-state index is 11.1. The van der Waals surface area contributed by atoms with E-state index < -0.39 is 4.92 Å². The van der Waals surface area contributed by atoms with Crippen LogP contribution >= 0.6 is 12.2 Å². The number of nitro benzene ring substituents is 1. The summed E-state index contributed by atoms with van der Waals surface area (Å²) < 4.78 is 8.31. The topological polar surface area (TPSA) is 99.1 Å². The van der Waals surface area contributed by atoms with Crippen LogP contribution in [0.15, 0.2) is 24.4 Å². The minimum Gasteiger partial charge on any atom is -0.484 e. The smallest absolute Gasteiger partial charge is 0.311 e. The van der Waals surface area contributed by atoms with Gasteiger partial charge in [-0.1, -0.05) is 12.1 Å². The Bertz CT molecular complexity index is 768. The van der Waals surface area contributed by atoms with Crippen molar-refractivity contribution in [2.24, 2.45) is 5.73 Å². The van der Waals surface area contributed by atoms with Gasteiger partial charge in [-0.2, -0.15) is 0 Å². The van der Waals surface area contributed by atoms with Crippen molar-refractivity contribution in [1.82, 2.24) is 9.55 Å². The lowest BCUT2D eigenvalue weighted by Gasteiger charge is -2.27. The molecular weight excluding hydrogens is 304 g/mol. The van der Waals surface area contributed by atoms with E-state index in [-0.39, 0.29) is 11.7 Å². The van der Waals surface area contributed by atoms with Gasteiger partial charge in [0, 0.05) is 36.4 Å². The summed E-state index contributed by atoms with van der Waals surface area (Å²) in [6.45, 7) is 0.879. The maximum atomic E-state index is 11.1. The van der Waals surface area contributed by atoms with Crippen molar-refractivity contribution in [3.05, 3.63) is 50.5 Å². The first-order chi connectivity index (χ1) is 10.6. The average Bonchev–Trinajstić information content (AvgIpc) is 2.87. The minimum atomic E-state index is -0.416. The first kappa shape index (κ1) is 14.7. The summed E-state index contributed by atoms with van der Waals surface area (Å²) in [5.74, 6) is 0.367. The Kier molecular flexibility index (Phi) is 3.95. The summed E-state index contributed by atoms with van der Waals surface area (Å²) >= 11 is 5.34. The zero-order valence-corrected chi connectivity index (χ0v) is 12.6. The number of nitrogens with one attached hydrogen (secondary N) is 1. The predicted octanol–water partition coefficient (Wildman–Crippen LogP) is 2.13. The highest BCUT2D eigenvalue weighted by molar-refractivity contribution is 7.71. The van der Waals surface area contributed by atoms with Crippen LogP contribution in [-0.4, -0.2) is 27.6 Å². The summed E-state index contributed by atoms with van der Waals surface area (Å²) in [5, 5.41) is 11.1. The van der Waals surface area contributed by atoms with Gasteiger partial charge in [0.1, 0.15) is 6.61 Å². The van der Waals surface area contributed by atoms with Crippen molar-refractivity contribution in [2.75, 3.05) is 13.2 Å². The SMILES string of the molecule is NCCc1c[nH]c(=S)n1[C@H]1COc2c(cccc2[N+](=O)[O-])C1. The molecule has 0 unspecified atom stereocenters. The second kappa shape index (κ2) is 5.90. The molecular formula is C14H16N4O3S. The number of aromatic nitrogens is 2. The van der Waals surface area contributed by atoms with Crippen molar-refractivity contribution < 1.29 is 9.66 Å². The molecule has 116 valence electrons. The van der Waals surface area contributed by atoms with E-state index in [9.17, 15) is 10.1 Å². The van der Waals surface area contributed by atoms with E-state index in [1.165, 1.54) is 6.07 Å². The van der Waals surface area contributed by atoms with Crippen LogP contribution in [0.4, 0.5) is 5.69 Å². The molecule has 0 fully saturated rings. The molecule has 2 heterocycles. The van der Waals surface area contributed by atoms with Gasteiger partial charge in [-0.05, 0) is 18.8 Å². The van der Waals surface area contributed by atoms with Gasteiger partial charge in [0.05, 0.1) is 11.0 Å². The summed E-state index contributed by atoms with van der Waals surface area (Å²) in [7, 11) is 0. The van der Waals surface area contributed by atoms with E-state index >= 15 is 0 Å². The third-order valence-corrected chi connectivity index (χ3v) is 4.12. The van der Waals surface area contributed by atoms with E-state index in [1.54, 1.807) is 6.07 Å². The molecule has 7 nitrogen and oxygen atoms in total. The van der Waals surface area contributed by atoms with Crippen LogP contribution in [0.5, 0.6) is 5.75 Å². The predicted molar refractivity (Wildman–Crippen MR) is 83.7 cm³/mol. The molecule has 22 heavy (non-hydrogen) atoms. The first-order valence-electron chi connectivity index (χ1n) is 6.99. The minimum absolute atomic E-state index is 0.00908. The monoisotopic (exact) mass is 320 g/mol. The van der Waals surface area contributed by atoms with Crippen LogP contribution in [0.25, 0.3) is 0 Å². The largest absolute Gasteiger partial charge is 0.484 e. The molecule has 0 amide bonds. The van der Waals surface area contributed by atoms with Crippen LogP contribution in [0.1, 0.15) is 17.3 Å². The van der Waals surface area contributed by atoms with Crippen LogP contribution in [0.2, 0.25) is 0 Å². The Balaban J connectivity index is 1.96. The van der Waals surface area contributed by atoms with Crippen LogP contribution in [0, 0.1) is 14.9 Å². The number of hydrogen-bond acceptors (Lipinski definition) is 5. The molecule has 1 aliphatic rings. The summed E-state index contributed by atoms with van der Waals surface area (Å²) in [6.07, 6.45) is 3.21. The van der Waals surface area contributed by atoms with Crippen LogP contribution in [-0.2, 0) is 12.8 Å². The van der Waals surface area contributed by atoms with Crippen molar-refractivity contribution in [3.63, 3.8) is 0 Å². The highest BCUT2D eigenvalue weighted by atomic mass is 32.1. The van der Waals surface area contributed by atoms with E-state index in [0.29, 0.717) is 36.5 Å². The van der Waals surface area contributed by atoms with Gasteiger partial charge in [0.2, 0.25) is 0 Å². The van der Waals surface area contributed by atoms with Crippen molar-refractivity contribution in [3.8, 4) is 5.75 Å². The quantitative estimate of drug-likeness (QED) is 0.511. The lowest BCUT2D eigenvalue weighted by Crippen LogP contribution is -2.26. The number of aromatic amines is 1. The standard InChI is InChI=1S/C14H16N4O3S/c15-5-4-10-7-16-14(22)17(10)11-6-9-2-1-3-12(18(19)20)13(9)21-8-11/h1-3,7,11H,4-6,8,15H2,(H,16,22)/t11-/m1/s1. The fourth-order valence-electron chi connectivity index (χ4n) is 2.86. The number of nitrogens with zero attached hydrogens (tertiary/aromatic N) is 2. The molecule has 0 aliphatic carbocycles. The number of fused-ring (bicyclic) bond motifs is 1. The number of para-hydroxylation sites is 1. The number of ether oxygens (including phenoxy) is 1. The Morgan fingerprint density at radius 2 is 2.36 bits per heavy atom. The molecule has 0 radical (unpaired) electrons. The fraction of sp³-hybridized carbons (Fsp3) is 0.357. The van der Waals surface area contributed by atoms with Gasteiger partial charge in [-0.25, -0.2) is 0 Å².